The third-order valence-electron chi connectivity index (χ3n) is 1.36. The Balaban J connectivity index is 2.63. The number of ether oxygens (including phenoxy) is 2. The Kier molecular flexibility index (Phi) is 3.99. The van der Waals surface area contributed by atoms with E-state index in [4.69, 9.17) is 5.11 Å². The first-order valence-corrected chi connectivity index (χ1v) is 3.89. The lowest BCUT2D eigenvalue weighted by molar-refractivity contribution is -0.226. The molecule has 0 heterocycles. The van der Waals surface area contributed by atoms with E-state index >= 15 is 0 Å². The number of hydrogen-bond acceptors (Lipinski definition) is 3. The number of rotatable bonds is 5. The van der Waals surface area contributed by atoms with E-state index in [1.807, 2.05) is 0 Å². The van der Waals surface area contributed by atoms with Crippen molar-refractivity contribution in [1.82, 2.24) is 0 Å². The monoisotopic (exact) mass is 217 g/mol. The maximum atomic E-state index is 11.8. The first kappa shape index (κ1) is 11.4. The summed E-state index contributed by atoms with van der Waals surface area (Å²) in [5.41, 5.74) is 0. The number of halogens is 2. The Morgan fingerprint density at radius 1 is 1.40 bits per heavy atom. The zero-order valence-electron chi connectivity index (χ0n) is 7.39. The molecule has 1 radical (unpaired) electrons. The molecule has 81 valence electrons. The van der Waals surface area contributed by atoms with Gasteiger partial charge >= 0.3 is 18.9 Å². The smallest absolute Gasteiger partial charge is 0.374 e. The molecule has 1 unspecified atom stereocenters. The zero-order valence-corrected chi connectivity index (χ0v) is 7.39. The van der Waals surface area contributed by atoms with E-state index in [0.717, 1.165) is 0 Å². The molecule has 4 nitrogen and oxygen atoms in total. The highest BCUT2D eigenvalue weighted by Gasteiger charge is 2.24. The molecule has 0 bridgehead atoms. The Labute approximate surface area is 84.0 Å². The van der Waals surface area contributed by atoms with Gasteiger partial charge in [-0.2, -0.15) is 8.78 Å². The molecule has 6 heteroatoms. The molecule has 1 N–H and O–H groups in total. The summed E-state index contributed by atoms with van der Waals surface area (Å²) in [5, 5.41) is 8.49. The van der Waals surface area contributed by atoms with Gasteiger partial charge in [-0.05, 0) is 18.2 Å². The molecular formula is C9H7F2O4. The van der Waals surface area contributed by atoms with Crippen molar-refractivity contribution in [3.05, 3.63) is 30.3 Å². The van der Waals surface area contributed by atoms with Crippen LogP contribution in [0.4, 0.5) is 8.78 Å². The summed E-state index contributed by atoms with van der Waals surface area (Å²) in [7, 11) is 0. The van der Waals surface area contributed by atoms with Crippen molar-refractivity contribution in [2.24, 2.45) is 0 Å². The molecule has 0 saturated heterocycles. The highest BCUT2D eigenvalue weighted by atomic mass is 19.3. The van der Waals surface area contributed by atoms with Gasteiger partial charge in [0.05, 0.1) is 0 Å². The maximum Gasteiger partial charge on any atom is 0.374 e. The standard InChI is InChI=1S/C9H7F2O4/c10-9(11)15-8(7(12)13)14-6-4-2-1-3-5-6/h2-5,8-9H,(H,12,13). The van der Waals surface area contributed by atoms with Crippen LogP contribution >= 0.6 is 0 Å². The van der Waals surface area contributed by atoms with Gasteiger partial charge in [-0.3, -0.25) is 4.74 Å². The summed E-state index contributed by atoms with van der Waals surface area (Å²) < 4.78 is 32.0. The van der Waals surface area contributed by atoms with E-state index in [1.54, 1.807) is 0 Å². The molecule has 0 aliphatic carbocycles. The average Bonchev–Trinajstić information content (AvgIpc) is 2.17. The molecule has 0 aromatic heterocycles. The molecule has 1 aromatic rings. The molecule has 0 amide bonds. The van der Waals surface area contributed by atoms with Crippen LogP contribution in [0.3, 0.4) is 0 Å². The van der Waals surface area contributed by atoms with Crippen LogP contribution in [0, 0.1) is 6.07 Å². The Morgan fingerprint density at radius 3 is 2.47 bits per heavy atom. The minimum atomic E-state index is -3.21. The van der Waals surface area contributed by atoms with Crippen molar-refractivity contribution in [2.45, 2.75) is 12.9 Å². The fourth-order valence-corrected chi connectivity index (χ4v) is 0.804. The second-order valence-electron chi connectivity index (χ2n) is 2.42. The van der Waals surface area contributed by atoms with E-state index in [9.17, 15) is 13.6 Å². The number of alkyl halides is 2. The average molecular weight is 217 g/mol. The molecule has 0 aliphatic heterocycles. The fraction of sp³-hybridized carbons (Fsp3) is 0.222. The predicted octanol–water partition coefficient (Wildman–Crippen LogP) is 1.52. The molecule has 1 atom stereocenters. The van der Waals surface area contributed by atoms with Crippen molar-refractivity contribution in [3.8, 4) is 5.75 Å². The van der Waals surface area contributed by atoms with Gasteiger partial charge < -0.3 is 9.84 Å². The summed E-state index contributed by atoms with van der Waals surface area (Å²) in [6.45, 7) is -3.21. The summed E-state index contributed by atoms with van der Waals surface area (Å²) in [6, 6.07) is 8.33. The van der Waals surface area contributed by atoms with Crippen LogP contribution in [-0.4, -0.2) is 24.0 Å². The SMILES string of the molecule is O=C(O)C(Oc1cc[c]cc1)OC(F)F. The third-order valence-corrected chi connectivity index (χ3v) is 1.36. The van der Waals surface area contributed by atoms with Gasteiger partial charge in [0.1, 0.15) is 5.75 Å². The lowest BCUT2D eigenvalue weighted by Crippen LogP contribution is -2.31. The number of benzene rings is 1. The topological polar surface area (TPSA) is 55.8 Å². The van der Waals surface area contributed by atoms with Gasteiger partial charge in [-0.15, -0.1) is 0 Å². The predicted molar refractivity (Wildman–Crippen MR) is 44.4 cm³/mol. The van der Waals surface area contributed by atoms with Crippen LogP contribution in [0.15, 0.2) is 24.3 Å². The van der Waals surface area contributed by atoms with Crippen molar-refractivity contribution < 1.29 is 28.2 Å². The second-order valence-corrected chi connectivity index (χ2v) is 2.42. The summed E-state index contributed by atoms with van der Waals surface area (Å²) in [6.07, 6.45) is -2.02. The number of carboxylic acid groups (broad SMARTS) is 1. The van der Waals surface area contributed by atoms with Crippen molar-refractivity contribution in [1.29, 1.82) is 0 Å². The molecule has 0 saturated carbocycles. The molecule has 1 aromatic carbocycles. The van der Waals surface area contributed by atoms with Crippen molar-refractivity contribution in [2.75, 3.05) is 0 Å². The summed E-state index contributed by atoms with van der Waals surface area (Å²) in [5.74, 6) is -1.51. The first-order chi connectivity index (χ1) is 7.09. The Hall–Kier alpha value is -1.69. The van der Waals surface area contributed by atoms with Crippen molar-refractivity contribution in [3.63, 3.8) is 0 Å². The molecule has 1 rings (SSSR count). The lowest BCUT2D eigenvalue weighted by Gasteiger charge is -2.14. The molecule has 0 spiro atoms. The van der Waals surface area contributed by atoms with Crippen LogP contribution in [0.5, 0.6) is 5.75 Å². The lowest BCUT2D eigenvalue weighted by atomic mass is 10.3. The van der Waals surface area contributed by atoms with Crippen molar-refractivity contribution >= 4 is 5.97 Å². The highest BCUT2D eigenvalue weighted by Crippen LogP contribution is 2.13. The van der Waals surface area contributed by atoms with E-state index in [1.165, 1.54) is 24.3 Å². The van der Waals surface area contributed by atoms with Gasteiger partial charge in [0.15, 0.2) is 0 Å². The van der Waals surface area contributed by atoms with Crippen LogP contribution in [0.1, 0.15) is 0 Å². The van der Waals surface area contributed by atoms with Crippen LogP contribution in [-0.2, 0) is 9.53 Å². The van der Waals surface area contributed by atoms with Gasteiger partial charge in [0.2, 0.25) is 0 Å². The molecule has 15 heavy (non-hydrogen) atoms. The molecule has 0 aliphatic rings. The maximum absolute atomic E-state index is 11.8. The number of aliphatic carboxylic acids is 1. The minimum Gasteiger partial charge on any atom is -0.477 e. The largest absolute Gasteiger partial charge is 0.477 e. The van der Waals surface area contributed by atoms with E-state index in [2.05, 4.69) is 15.5 Å². The Morgan fingerprint density at radius 2 is 2.00 bits per heavy atom. The normalized spacial score (nSPS) is 12.5. The van der Waals surface area contributed by atoms with Crippen LogP contribution in [0.25, 0.3) is 0 Å². The number of carbonyl (C=O) groups is 1. The highest BCUT2D eigenvalue weighted by molar-refractivity contribution is 5.71. The van der Waals surface area contributed by atoms with Gasteiger partial charge in [0.25, 0.3) is 0 Å². The van der Waals surface area contributed by atoms with Crippen LogP contribution < -0.4 is 4.74 Å². The van der Waals surface area contributed by atoms with Gasteiger partial charge in [-0.25, -0.2) is 4.79 Å². The Bertz CT molecular complexity index is 315. The van der Waals surface area contributed by atoms with E-state index < -0.39 is 18.9 Å². The molecular weight excluding hydrogens is 210 g/mol. The van der Waals surface area contributed by atoms with Crippen LogP contribution in [0.2, 0.25) is 0 Å². The summed E-state index contributed by atoms with van der Waals surface area (Å²) >= 11 is 0. The first-order valence-electron chi connectivity index (χ1n) is 3.89. The fourth-order valence-electron chi connectivity index (χ4n) is 0.804. The van der Waals surface area contributed by atoms with Gasteiger partial charge in [-0.1, -0.05) is 12.1 Å². The van der Waals surface area contributed by atoms with E-state index in [-0.39, 0.29) is 5.75 Å². The second kappa shape index (κ2) is 5.26. The minimum absolute atomic E-state index is 0.113. The number of hydrogen-bond donors (Lipinski definition) is 1. The van der Waals surface area contributed by atoms with Gasteiger partial charge in [0, 0.05) is 0 Å². The van der Waals surface area contributed by atoms with E-state index in [0.29, 0.717) is 0 Å². The number of carboxylic acids is 1. The quantitative estimate of drug-likeness (QED) is 0.759. The zero-order chi connectivity index (χ0) is 11.3. The summed E-state index contributed by atoms with van der Waals surface area (Å²) in [4.78, 5) is 10.4. The third kappa shape index (κ3) is 3.90. The molecule has 0 fully saturated rings.